The minimum Gasteiger partial charge on any atom is -0.336 e. The molecule has 0 spiro atoms. The maximum Gasteiger partial charge on any atom is 0.254 e. The van der Waals surface area contributed by atoms with Crippen molar-refractivity contribution in [1.82, 2.24) is 19.7 Å². The average molecular weight is 284 g/mol. The minimum absolute atomic E-state index is 0.110. The molecule has 1 unspecified atom stereocenters. The first-order chi connectivity index (χ1) is 10.1. The summed E-state index contributed by atoms with van der Waals surface area (Å²) in [5, 5.41) is 4.37. The van der Waals surface area contributed by atoms with E-state index in [1.165, 1.54) is 0 Å². The van der Waals surface area contributed by atoms with Crippen molar-refractivity contribution >= 4 is 5.91 Å². The van der Waals surface area contributed by atoms with Crippen molar-refractivity contribution < 1.29 is 4.79 Å². The molecule has 0 aliphatic carbocycles. The molecule has 1 amide bonds. The molecular weight excluding hydrogens is 264 g/mol. The van der Waals surface area contributed by atoms with Crippen molar-refractivity contribution in [1.29, 1.82) is 0 Å². The Labute approximate surface area is 124 Å². The molecule has 0 N–H and O–H groups in total. The van der Waals surface area contributed by atoms with E-state index in [4.69, 9.17) is 0 Å². The predicted molar refractivity (Wildman–Crippen MR) is 80.2 cm³/mol. The SMILES string of the molecule is Cc1cnn(C2CCN(C(=O)c3c(C)cncc3C)C2)c1. The van der Waals surface area contributed by atoms with Gasteiger partial charge in [0.25, 0.3) is 5.91 Å². The van der Waals surface area contributed by atoms with E-state index in [1.807, 2.05) is 42.7 Å². The summed E-state index contributed by atoms with van der Waals surface area (Å²) in [5.41, 5.74) is 3.83. The number of pyridine rings is 1. The van der Waals surface area contributed by atoms with Crippen LogP contribution < -0.4 is 0 Å². The minimum atomic E-state index is 0.110. The molecular formula is C16H20N4O. The van der Waals surface area contributed by atoms with Crippen molar-refractivity contribution in [2.45, 2.75) is 33.2 Å². The maximum absolute atomic E-state index is 12.7. The number of nitrogens with zero attached hydrogens (tertiary/aromatic N) is 4. The standard InChI is InChI=1S/C16H20N4O/c1-11-6-18-20(9-11)14-4-5-19(10-14)16(21)15-12(2)7-17-8-13(15)3/h6-9,14H,4-5,10H2,1-3H3. The highest BCUT2D eigenvalue weighted by Crippen LogP contribution is 2.24. The quantitative estimate of drug-likeness (QED) is 0.850. The van der Waals surface area contributed by atoms with Gasteiger partial charge in [-0.2, -0.15) is 5.10 Å². The van der Waals surface area contributed by atoms with Crippen molar-refractivity contribution in [3.8, 4) is 0 Å². The van der Waals surface area contributed by atoms with Crippen LogP contribution in [0, 0.1) is 20.8 Å². The van der Waals surface area contributed by atoms with Crippen LogP contribution in [0.5, 0.6) is 0 Å². The van der Waals surface area contributed by atoms with E-state index < -0.39 is 0 Å². The van der Waals surface area contributed by atoms with E-state index in [-0.39, 0.29) is 11.9 Å². The molecule has 2 aromatic rings. The van der Waals surface area contributed by atoms with E-state index in [0.29, 0.717) is 0 Å². The van der Waals surface area contributed by atoms with Crippen LogP contribution in [-0.4, -0.2) is 38.7 Å². The van der Waals surface area contributed by atoms with Crippen LogP contribution in [0.3, 0.4) is 0 Å². The number of aryl methyl sites for hydroxylation is 3. The molecule has 1 fully saturated rings. The Hall–Kier alpha value is -2.17. The molecule has 0 aromatic carbocycles. The Balaban J connectivity index is 1.78. The lowest BCUT2D eigenvalue weighted by atomic mass is 10.1. The summed E-state index contributed by atoms with van der Waals surface area (Å²) in [6, 6.07) is 0.282. The van der Waals surface area contributed by atoms with Gasteiger partial charge in [-0.3, -0.25) is 14.5 Å². The smallest absolute Gasteiger partial charge is 0.254 e. The molecule has 1 aliphatic rings. The van der Waals surface area contributed by atoms with Crippen molar-refractivity contribution in [2.75, 3.05) is 13.1 Å². The first kappa shape index (κ1) is 13.8. The number of carbonyl (C=O) groups excluding carboxylic acids is 1. The zero-order valence-corrected chi connectivity index (χ0v) is 12.7. The Kier molecular flexibility index (Phi) is 3.49. The van der Waals surface area contributed by atoms with Crippen LogP contribution in [-0.2, 0) is 0 Å². The molecule has 0 radical (unpaired) electrons. The van der Waals surface area contributed by atoms with E-state index in [9.17, 15) is 4.79 Å². The summed E-state index contributed by atoms with van der Waals surface area (Å²) in [7, 11) is 0. The zero-order valence-electron chi connectivity index (χ0n) is 12.7. The third kappa shape index (κ3) is 2.55. The topological polar surface area (TPSA) is 51.0 Å². The van der Waals surface area contributed by atoms with Gasteiger partial charge in [0.15, 0.2) is 0 Å². The second-order valence-corrected chi connectivity index (χ2v) is 5.84. The highest BCUT2D eigenvalue weighted by molar-refractivity contribution is 5.97. The number of hydrogen-bond acceptors (Lipinski definition) is 3. The molecule has 0 saturated carbocycles. The lowest BCUT2D eigenvalue weighted by molar-refractivity contribution is 0.0785. The summed E-state index contributed by atoms with van der Waals surface area (Å²) in [6.45, 7) is 7.42. The molecule has 3 heterocycles. The lowest BCUT2D eigenvalue weighted by Crippen LogP contribution is -2.30. The Bertz CT molecular complexity index is 656. The fraction of sp³-hybridized carbons (Fsp3) is 0.438. The Morgan fingerprint density at radius 3 is 2.52 bits per heavy atom. The summed E-state index contributed by atoms with van der Waals surface area (Å²) >= 11 is 0. The Morgan fingerprint density at radius 1 is 1.19 bits per heavy atom. The number of amides is 1. The van der Waals surface area contributed by atoms with E-state index in [0.717, 1.165) is 41.8 Å². The van der Waals surface area contributed by atoms with Gasteiger partial charge in [-0.25, -0.2) is 0 Å². The molecule has 0 bridgehead atoms. The van der Waals surface area contributed by atoms with Gasteiger partial charge >= 0.3 is 0 Å². The van der Waals surface area contributed by atoms with Crippen LogP contribution in [0.25, 0.3) is 0 Å². The number of rotatable bonds is 2. The maximum atomic E-state index is 12.7. The highest BCUT2D eigenvalue weighted by atomic mass is 16.2. The second-order valence-electron chi connectivity index (χ2n) is 5.84. The second kappa shape index (κ2) is 5.31. The Morgan fingerprint density at radius 2 is 1.90 bits per heavy atom. The highest BCUT2D eigenvalue weighted by Gasteiger charge is 2.29. The molecule has 1 saturated heterocycles. The monoisotopic (exact) mass is 284 g/mol. The van der Waals surface area contributed by atoms with Crippen LogP contribution in [0.1, 0.15) is 39.5 Å². The van der Waals surface area contributed by atoms with E-state index >= 15 is 0 Å². The lowest BCUT2D eigenvalue weighted by Gasteiger charge is -2.19. The van der Waals surface area contributed by atoms with Gasteiger partial charge < -0.3 is 4.90 Å². The average Bonchev–Trinajstić information content (AvgIpc) is 3.06. The summed E-state index contributed by atoms with van der Waals surface area (Å²) in [5.74, 6) is 0.110. The van der Waals surface area contributed by atoms with Crippen LogP contribution >= 0.6 is 0 Å². The van der Waals surface area contributed by atoms with Crippen molar-refractivity contribution in [2.24, 2.45) is 0 Å². The largest absolute Gasteiger partial charge is 0.336 e. The summed E-state index contributed by atoms with van der Waals surface area (Å²) < 4.78 is 1.98. The van der Waals surface area contributed by atoms with Crippen LogP contribution in [0.4, 0.5) is 0 Å². The fourth-order valence-electron chi connectivity index (χ4n) is 2.97. The van der Waals surface area contributed by atoms with Crippen molar-refractivity contribution in [3.63, 3.8) is 0 Å². The van der Waals surface area contributed by atoms with Gasteiger partial charge in [0, 0.05) is 37.2 Å². The van der Waals surface area contributed by atoms with Gasteiger partial charge in [0.1, 0.15) is 0 Å². The normalized spacial score (nSPS) is 18.2. The fourth-order valence-corrected chi connectivity index (χ4v) is 2.97. The van der Waals surface area contributed by atoms with E-state index in [2.05, 4.69) is 10.1 Å². The van der Waals surface area contributed by atoms with Crippen LogP contribution in [0.15, 0.2) is 24.8 Å². The predicted octanol–water partition coefficient (Wildman–Crippen LogP) is 2.29. The van der Waals surface area contributed by atoms with Gasteiger partial charge in [-0.1, -0.05) is 0 Å². The van der Waals surface area contributed by atoms with Crippen LogP contribution in [0.2, 0.25) is 0 Å². The van der Waals surface area contributed by atoms with Gasteiger partial charge in [-0.15, -0.1) is 0 Å². The van der Waals surface area contributed by atoms with Crippen molar-refractivity contribution in [3.05, 3.63) is 47.0 Å². The number of likely N-dealkylation sites (tertiary alicyclic amines) is 1. The molecule has 3 rings (SSSR count). The molecule has 2 aromatic heterocycles. The third-order valence-corrected chi connectivity index (χ3v) is 4.09. The third-order valence-electron chi connectivity index (χ3n) is 4.09. The summed E-state index contributed by atoms with van der Waals surface area (Å²) in [4.78, 5) is 18.8. The molecule has 110 valence electrons. The molecule has 21 heavy (non-hydrogen) atoms. The first-order valence-corrected chi connectivity index (χ1v) is 7.27. The number of aromatic nitrogens is 3. The zero-order chi connectivity index (χ0) is 15.0. The number of carbonyl (C=O) groups is 1. The van der Waals surface area contributed by atoms with Gasteiger partial charge in [-0.05, 0) is 43.9 Å². The first-order valence-electron chi connectivity index (χ1n) is 7.27. The molecule has 5 nitrogen and oxygen atoms in total. The molecule has 5 heteroatoms. The molecule has 1 atom stereocenters. The number of hydrogen-bond donors (Lipinski definition) is 0. The summed E-state index contributed by atoms with van der Waals surface area (Å²) in [6.07, 6.45) is 8.37. The van der Waals surface area contributed by atoms with Gasteiger partial charge in [0.2, 0.25) is 0 Å². The van der Waals surface area contributed by atoms with Gasteiger partial charge in [0.05, 0.1) is 12.2 Å². The molecule has 1 aliphatic heterocycles. The van der Waals surface area contributed by atoms with E-state index in [1.54, 1.807) is 12.4 Å².